The Morgan fingerprint density at radius 3 is 2.18 bits per heavy atom. The van der Waals surface area contributed by atoms with Crippen LogP contribution < -0.4 is 0 Å². The first kappa shape index (κ1) is 8.79. The summed E-state index contributed by atoms with van der Waals surface area (Å²) >= 11 is 0. The molecule has 0 heterocycles. The molecule has 0 aromatic heterocycles. The van der Waals surface area contributed by atoms with Crippen molar-refractivity contribution in [2.45, 2.75) is 39.7 Å². The fraction of sp³-hybridized carbons (Fsp3) is 0.800. The summed E-state index contributed by atoms with van der Waals surface area (Å²) in [5.74, 6) is 0.294. The van der Waals surface area contributed by atoms with Gasteiger partial charge in [-0.25, -0.2) is 0 Å². The minimum atomic E-state index is -0.521. The zero-order valence-electron chi connectivity index (χ0n) is 7.89. The molecule has 0 radical (unpaired) electrons. The molecule has 0 saturated carbocycles. The van der Waals surface area contributed by atoms with Gasteiger partial charge in [-0.05, 0) is 11.8 Å². The first-order valence-corrected chi connectivity index (χ1v) is 4.27. The summed E-state index contributed by atoms with van der Waals surface area (Å²) in [6, 6.07) is 0. The monoisotopic (exact) mass is 154 g/mol. The number of hydrogen-bond donors (Lipinski definition) is 1. The van der Waals surface area contributed by atoms with E-state index in [1.54, 1.807) is 0 Å². The van der Waals surface area contributed by atoms with Gasteiger partial charge in [-0.15, -0.1) is 0 Å². The molecule has 64 valence electrons. The third kappa shape index (κ3) is 1.22. The lowest BCUT2D eigenvalue weighted by Gasteiger charge is -2.40. The molecule has 0 fully saturated rings. The van der Waals surface area contributed by atoms with Crippen molar-refractivity contribution >= 4 is 0 Å². The Balaban J connectivity index is 2.85. The molecule has 0 bridgehead atoms. The van der Waals surface area contributed by atoms with Crippen molar-refractivity contribution in [2.75, 3.05) is 0 Å². The molecule has 1 rings (SSSR count). The van der Waals surface area contributed by atoms with Gasteiger partial charge in [-0.1, -0.05) is 39.8 Å². The van der Waals surface area contributed by atoms with Crippen LogP contribution in [0.3, 0.4) is 0 Å². The highest BCUT2D eigenvalue weighted by molar-refractivity contribution is 5.12. The Morgan fingerprint density at radius 1 is 1.45 bits per heavy atom. The van der Waals surface area contributed by atoms with Crippen LogP contribution in [0.15, 0.2) is 12.2 Å². The van der Waals surface area contributed by atoms with Gasteiger partial charge in [0.05, 0.1) is 5.60 Å². The van der Waals surface area contributed by atoms with Crippen molar-refractivity contribution in [3.8, 4) is 0 Å². The van der Waals surface area contributed by atoms with Gasteiger partial charge in [0.1, 0.15) is 0 Å². The predicted octanol–water partition coefficient (Wildman–Crippen LogP) is 2.36. The van der Waals surface area contributed by atoms with E-state index in [1.807, 2.05) is 0 Å². The first-order chi connectivity index (χ1) is 4.88. The van der Waals surface area contributed by atoms with Gasteiger partial charge >= 0.3 is 0 Å². The summed E-state index contributed by atoms with van der Waals surface area (Å²) in [6.07, 6.45) is 4.98. The molecular weight excluding hydrogens is 136 g/mol. The Labute approximate surface area is 69.1 Å². The van der Waals surface area contributed by atoms with E-state index in [1.165, 1.54) is 0 Å². The van der Waals surface area contributed by atoms with Gasteiger partial charge in [0.2, 0.25) is 0 Å². The molecule has 0 saturated heterocycles. The summed E-state index contributed by atoms with van der Waals surface area (Å²) in [6.45, 7) is 8.36. The van der Waals surface area contributed by atoms with Gasteiger partial charge in [0.25, 0.3) is 0 Å². The largest absolute Gasteiger partial charge is 0.388 e. The van der Waals surface area contributed by atoms with E-state index in [-0.39, 0.29) is 5.41 Å². The van der Waals surface area contributed by atoms with Crippen molar-refractivity contribution < 1.29 is 5.11 Å². The molecule has 0 amide bonds. The Morgan fingerprint density at radius 2 is 2.00 bits per heavy atom. The highest BCUT2D eigenvalue weighted by Gasteiger charge is 2.44. The third-order valence-electron chi connectivity index (χ3n) is 2.91. The van der Waals surface area contributed by atoms with Gasteiger partial charge < -0.3 is 5.11 Å². The topological polar surface area (TPSA) is 20.2 Å². The minimum absolute atomic E-state index is 0.0179. The maximum atomic E-state index is 10.2. The molecule has 0 aromatic rings. The quantitative estimate of drug-likeness (QED) is 0.531. The minimum Gasteiger partial charge on any atom is -0.388 e. The number of hydrogen-bond acceptors (Lipinski definition) is 1. The van der Waals surface area contributed by atoms with Crippen LogP contribution in [0, 0.1) is 11.3 Å². The second-order valence-electron chi connectivity index (χ2n) is 4.60. The molecule has 1 nitrogen and oxygen atoms in total. The second-order valence-corrected chi connectivity index (χ2v) is 4.60. The fourth-order valence-electron chi connectivity index (χ4n) is 1.79. The van der Waals surface area contributed by atoms with Crippen LogP contribution in [0.4, 0.5) is 0 Å². The molecular formula is C10H18O. The molecule has 2 unspecified atom stereocenters. The fourth-order valence-corrected chi connectivity index (χ4v) is 1.79. The van der Waals surface area contributed by atoms with Crippen LogP contribution in [-0.4, -0.2) is 10.7 Å². The second kappa shape index (κ2) is 2.34. The lowest BCUT2D eigenvalue weighted by molar-refractivity contribution is -0.0759. The molecule has 0 aromatic carbocycles. The van der Waals surface area contributed by atoms with E-state index in [0.29, 0.717) is 5.92 Å². The smallest absolute Gasteiger partial charge is 0.0789 e. The van der Waals surface area contributed by atoms with Crippen molar-refractivity contribution in [1.29, 1.82) is 0 Å². The van der Waals surface area contributed by atoms with E-state index < -0.39 is 5.60 Å². The molecule has 1 heteroatoms. The van der Waals surface area contributed by atoms with Gasteiger partial charge in [-0.3, -0.25) is 0 Å². The molecule has 0 spiro atoms. The first-order valence-electron chi connectivity index (χ1n) is 4.27. The van der Waals surface area contributed by atoms with Crippen LogP contribution in [0.5, 0.6) is 0 Å². The maximum Gasteiger partial charge on any atom is 0.0789 e. The SMILES string of the molecule is CC1C=CCC1(O)C(C)(C)C. The molecule has 1 aliphatic carbocycles. The highest BCUT2D eigenvalue weighted by atomic mass is 16.3. The predicted molar refractivity (Wildman–Crippen MR) is 47.3 cm³/mol. The van der Waals surface area contributed by atoms with Crippen LogP contribution >= 0.6 is 0 Å². The van der Waals surface area contributed by atoms with E-state index in [2.05, 4.69) is 39.8 Å². The van der Waals surface area contributed by atoms with Crippen molar-refractivity contribution in [2.24, 2.45) is 11.3 Å². The standard InChI is InChI=1S/C10H18O/c1-8-6-5-7-10(8,11)9(2,3)4/h5-6,8,11H,7H2,1-4H3. The number of aliphatic hydroxyl groups is 1. The average Bonchev–Trinajstić information content (AvgIpc) is 2.12. The van der Waals surface area contributed by atoms with Gasteiger partial charge in [0.15, 0.2) is 0 Å². The van der Waals surface area contributed by atoms with Crippen LogP contribution in [0.2, 0.25) is 0 Å². The van der Waals surface area contributed by atoms with Crippen LogP contribution in [0.1, 0.15) is 34.1 Å². The summed E-state index contributed by atoms with van der Waals surface area (Å²) in [7, 11) is 0. The number of rotatable bonds is 0. The summed E-state index contributed by atoms with van der Waals surface area (Å²) in [5.41, 5.74) is -0.539. The lowest BCUT2D eigenvalue weighted by Crippen LogP contribution is -2.45. The van der Waals surface area contributed by atoms with Gasteiger partial charge in [-0.2, -0.15) is 0 Å². The zero-order chi connectivity index (χ0) is 8.70. The Hall–Kier alpha value is -0.300. The van der Waals surface area contributed by atoms with Gasteiger partial charge in [0, 0.05) is 5.92 Å². The van der Waals surface area contributed by atoms with E-state index in [0.717, 1.165) is 6.42 Å². The maximum absolute atomic E-state index is 10.2. The normalized spacial score (nSPS) is 38.1. The highest BCUT2D eigenvalue weighted by Crippen LogP contribution is 2.43. The molecule has 1 aliphatic rings. The van der Waals surface area contributed by atoms with Crippen molar-refractivity contribution in [1.82, 2.24) is 0 Å². The molecule has 0 aliphatic heterocycles. The van der Waals surface area contributed by atoms with E-state index >= 15 is 0 Å². The van der Waals surface area contributed by atoms with E-state index in [4.69, 9.17) is 0 Å². The zero-order valence-corrected chi connectivity index (χ0v) is 7.89. The third-order valence-corrected chi connectivity index (χ3v) is 2.91. The Bertz CT molecular complexity index is 176. The van der Waals surface area contributed by atoms with Crippen LogP contribution in [-0.2, 0) is 0 Å². The van der Waals surface area contributed by atoms with Crippen LogP contribution in [0.25, 0.3) is 0 Å². The summed E-state index contributed by atoms with van der Waals surface area (Å²) in [5, 5.41) is 10.2. The summed E-state index contributed by atoms with van der Waals surface area (Å²) in [4.78, 5) is 0. The average molecular weight is 154 g/mol. The summed E-state index contributed by atoms with van der Waals surface area (Å²) < 4.78 is 0. The van der Waals surface area contributed by atoms with Crippen molar-refractivity contribution in [3.05, 3.63) is 12.2 Å². The molecule has 11 heavy (non-hydrogen) atoms. The molecule has 1 N–H and O–H groups in total. The lowest BCUT2D eigenvalue weighted by atomic mass is 9.70. The Kier molecular flexibility index (Phi) is 1.87. The van der Waals surface area contributed by atoms with Crippen molar-refractivity contribution in [3.63, 3.8) is 0 Å². The van der Waals surface area contributed by atoms with E-state index in [9.17, 15) is 5.11 Å². The molecule has 2 atom stereocenters.